The summed E-state index contributed by atoms with van der Waals surface area (Å²) in [5.74, 6) is 0. The van der Waals surface area contributed by atoms with Crippen LogP contribution >= 0.6 is 0 Å². The number of nitrogens with one attached hydrogen (secondary N) is 1. The van der Waals surface area contributed by atoms with E-state index in [2.05, 4.69) is 42.3 Å². The van der Waals surface area contributed by atoms with Gasteiger partial charge in [-0.25, -0.2) is 0 Å². The maximum atomic E-state index is 3.61. The lowest BCUT2D eigenvalue weighted by Gasteiger charge is -2.20. The molecule has 0 saturated carbocycles. The molecular formula is C17H28N2. The lowest BCUT2D eigenvalue weighted by Crippen LogP contribution is -2.32. The molecule has 0 atom stereocenters. The monoisotopic (exact) mass is 260 g/mol. The predicted octanol–water partition coefficient (Wildman–Crippen LogP) is 3.27. The molecule has 106 valence electrons. The van der Waals surface area contributed by atoms with Crippen molar-refractivity contribution < 1.29 is 0 Å². The van der Waals surface area contributed by atoms with Gasteiger partial charge in [-0.1, -0.05) is 31.0 Å². The fourth-order valence-electron chi connectivity index (χ4n) is 2.94. The van der Waals surface area contributed by atoms with Crippen LogP contribution in [0.2, 0.25) is 0 Å². The van der Waals surface area contributed by atoms with Gasteiger partial charge in [0, 0.05) is 19.6 Å². The highest BCUT2D eigenvalue weighted by Gasteiger charge is 2.08. The van der Waals surface area contributed by atoms with E-state index in [0.717, 1.165) is 13.1 Å². The van der Waals surface area contributed by atoms with Gasteiger partial charge in [0.25, 0.3) is 0 Å². The third-order valence-electron chi connectivity index (χ3n) is 4.25. The third kappa shape index (κ3) is 4.63. The third-order valence-corrected chi connectivity index (χ3v) is 4.25. The first-order valence-electron chi connectivity index (χ1n) is 7.75. The van der Waals surface area contributed by atoms with E-state index in [9.17, 15) is 0 Å². The Morgan fingerprint density at radius 1 is 1.00 bits per heavy atom. The van der Waals surface area contributed by atoms with Gasteiger partial charge in [-0.2, -0.15) is 0 Å². The largest absolute Gasteiger partial charge is 0.311 e. The van der Waals surface area contributed by atoms with Crippen molar-refractivity contribution in [2.75, 3.05) is 26.2 Å². The summed E-state index contributed by atoms with van der Waals surface area (Å²) in [5, 5.41) is 3.61. The summed E-state index contributed by atoms with van der Waals surface area (Å²) in [4.78, 5) is 2.62. The summed E-state index contributed by atoms with van der Waals surface area (Å²) in [5.41, 5.74) is 4.28. The minimum Gasteiger partial charge on any atom is -0.311 e. The Hall–Kier alpha value is -0.860. The van der Waals surface area contributed by atoms with Gasteiger partial charge in [-0.05, 0) is 56.5 Å². The van der Waals surface area contributed by atoms with Crippen LogP contribution in [0.25, 0.3) is 0 Å². The van der Waals surface area contributed by atoms with Crippen molar-refractivity contribution in [2.24, 2.45) is 0 Å². The first-order chi connectivity index (χ1) is 9.27. The van der Waals surface area contributed by atoms with Crippen molar-refractivity contribution in [3.63, 3.8) is 0 Å². The van der Waals surface area contributed by atoms with E-state index in [1.807, 2.05) is 0 Å². The minimum atomic E-state index is 1.01. The van der Waals surface area contributed by atoms with Gasteiger partial charge in [0.1, 0.15) is 0 Å². The molecule has 1 fully saturated rings. The molecule has 0 amide bonds. The molecule has 1 saturated heterocycles. The number of hydrogen-bond donors (Lipinski definition) is 1. The first-order valence-corrected chi connectivity index (χ1v) is 7.75. The van der Waals surface area contributed by atoms with Gasteiger partial charge in [0.2, 0.25) is 0 Å². The molecule has 0 aromatic heterocycles. The lowest BCUT2D eigenvalue weighted by molar-refractivity contribution is 0.284. The molecule has 2 nitrogen and oxygen atoms in total. The van der Waals surface area contributed by atoms with Crippen LogP contribution in [0.1, 0.15) is 42.4 Å². The molecule has 1 aromatic rings. The zero-order valence-corrected chi connectivity index (χ0v) is 12.5. The zero-order chi connectivity index (χ0) is 13.5. The Morgan fingerprint density at radius 2 is 1.63 bits per heavy atom. The SMILES string of the molecule is Cc1cccc(C)c1CNCCN1CCCCCC1. The molecule has 0 unspecified atom stereocenters. The highest BCUT2D eigenvalue weighted by Crippen LogP contribution is 2.12. The van der Waals surface area contributed by atoms with E-state index >= 15 is 0 Å². The molecule has 2 heteroatoms. The van der Waals surface area contributed by atoms with E-state index in [4.69, 9.17) is 0 Å². The maximum Gasteiger partial charge on any atom is 0.0211 e. The van der Waals surface area contributed by atoms with E-state index in [1.165, 1.54) is 62.0 Å². The van der Waals surface area contributed by atoms with Crippen LogP contribution in [0.5, 0.6) is 0 Å². The predicted molar refractivity (Wildman–Crippen MR) is 82.5 cm³/mol. The molecule has 1 heterocycles. The average molecular weight is 260 g/mol. The molecular weight excluding hydrogens is 232 g/mol. The molecule has 0 aliphatic carbocycles. The molecule has 0 spiro atoms. The molecule has 2 rings (SSSR count). The van der Waals surface area contributed by atoms with Gasteiger partial charge in [-0.3, -0.25) is 0 Å². The van der Waals surface area contributed by atoms with E-state index in [0.29, 0.717) is 0 Å². The number of aryl methyl sites for hydroxylation is 2. The van der Waals surface area contributed by atoms with Crippen molar-refractivity contribution in [1.82, 2.24) is 10.2 Å². The van der Waals surface area contributed by atoms with Crippen LogP contribution in [0.3, 0.4) is 0 Å². The fourth-order valence-corrected chi connectivity index (χ4v) is 2.94. The van der Waals surface area contributed by atoms with Crippen molar-refractivity contribution in [3.8, 4) is 0 Å². The minimum absolute atomic E-state index is 1.01. The van der Waals surface area contributed by atoms with Crippen molar-refractivity contribution >= 4 is 0 Å². The quantitative estimate of drug-likeness (QED) is 0.817. The second kappa shape index (κ2) is 7.66. The van der Waals surface area contributed by atoms with Crippen LogP contribution < -0.4 is 5.32 Å². The molecule has 1 aromatic carbocycles. The molecule has 1 aliphatic rings. The standard InChI is InChI=1S/C17H28N2/c1-15-8-7-9-16(2)17(15)14-18-10-13-19-11-5-3-4-6-12-19/h7-9,18H,3-6,10-14H2,1-2H3. The van der Waals surface area contributed by atoms with Gasteiger partial charge < -0.3 is 10.2 Å². The Labute approximate surface area is 118 Å². The summed E-state index contributed by atoms with van der Waals surface area (Å²) in [6, 6.07) is 6.56. The van der Waals surface area contributed by atoms with Crippen molar-refractivity contribution in [3.05, 3.63) is 34.9 Å². The molecule has 1 aliphatic heterocycles. The molecule has 19 heavy (non-hydrogen) atoms. The summed E-state index contributed by atoms with van der Waals surface area (Å²) in [7, 11) is 0. The van der Waals surface area contributed by atoms with Crippen molar-refractivity contribution in [1.29, 1.82) is 0 Å². The maximum absolute atomic E-state index is 3.61. The van der Waals surface area contributed by atoms with Crippen LogP contribution in [0.15, 0.2) is 18.2 Å². The molecule has 0 radical (unpaired) electrons. The second-order valence-electron chi connectivity index (χ2n) is 5.80. The number of rotatable bonds is 5. The van der Waals surface area contributed by atoms with E-state index in [-0.39, 0.29) is 0 Å². The summed E-state index contributed by atoms with van der Waals surface area (Å²) < 4.78 is 0. The Morgan fingerprint density at radius 3 is 2.26 bits per heavy atom. The highest BCUT2D eigenvalue weighted by atomic mass is 15.1. The Bertz CT molecular complexity index is 359. The fraction of sp³-hybridized carbons (Fsp3) is 0.647. The zero-order valence-electron chi connectivity index (χ0n) is 12.5. The number of hydrogen-bond acceptors (Lipinski definition) is 2. The molecule has 0 bridgehead atoms. The summed E-state index contributed by atoms with van der Waals surface area (Å²) in [6.45, 7) is 10.3. The number of benzene rings is 1. The van der Waals surface area contributed by atoms with Crippen LogP contribution in [-0.2, 0) is 6.54 Å². The normalized spacial score (nSPS) is 17.4. The van der Waals surface area contributed by atoms with E-state index < -0.39 is 0 Å². The van der Waals surface area contributed by atoms with Crippen LogP contribution in [0.4, 0.5) is 0 Å². The molecule has 1 N–H and O–H groups in total. The summed E-state index contributed by atoms with van der Waals surface area (Å²) in [6.07, 6.45) is 5.62. The number of nitrogens with zero attached hydrogens (tertiary/aromatic N) is 1. The lowest BCUT2D eigenvalue weighted by atomic mass is 10.0. The second-order valence-corrected chi connectivity index (χ2v) is 5.80. The average Bonchev–Trinajstić information content (AvgIpc) is 2.66. The van der Waals surface area contributed by atoms with Gasteiger partial charge in [-0.15, -0.1) is 0 Å². The van der Waals surface area contributed by atoms with Gasteiger partial charge in [0.15, 0.2) is 0 Å². The van der Waals surface area contributed by atoms with Gasteiger partial charge >= 0.3 is 0 Å². The van der Waals surface area contributed by atoms with E-state index in [1.54, 1.807) is 0 Å². The smallest absolute Gasteiger partial charge is 0.0211 e. The van der Waals surface area contributed by atoms with Gasteiger partial charge in [0.05, 0.1) is 0 Å². The Balaban J connectivity index is 1.71. The van der Waals surface area contributed by atoms with Crippen molar-refractivity contribution in [2.45, 2.75) is 46.1 Å². The topological polar surface area (TPSA) is 15.3 Å². The van der Waals surface area contributed by atoms with Crippen LogP contribution in [0, 0.1) is 13.8 Å². The summed E-state index contributed by atoms with van der Waals surface area (Å²) >= 11 is 0. The Kier molecular flexibility index (Phi) is 5.87. The number of likely N-dealkylation sites (tertiary alicyclic amines) is 1. The van der Waals surface area contributed by atoms with Crippen LogP contribution in [-0.4, -0.2) is 31.1 Å². The first kappa shape index (κ1) is 14.5. The highest BCUT2D eigenvalue weighted by molar-refractivity contribution is 5.33.